The van der Waals surface area contributed by atoms with Gasteiger partial charge in [0.1, 0.15) is 10.6 Å². The molecule has 1 fully saturated rings. The van der Waals surface area contributed by atoms with Gasteiger partial charge in [-0.2, -0.15) is 4.98 Å². The zero-order chi connectivity index (χ0) is 12.4. The van der Waals surface area contributed by atoms with E-state index < -0.39 is 0 Å². The molecular formula is C12H17N5S. The number of nitrogens with one attached hydrogen (secondary N) is 2. The molecule has 2 aromatic heterocycles. The number of anilines is 2. The standard InChI is InChI=1S/C12H17N5S/c13-17-12-15-10(9-5-6-18-11(9)16-12)14-7-8-3-1-2-4-8/h5-6,8H,1-4,7,13H2,(H2,14,15,16,17). The third-order valence-electron chi connectivity index (χ3n) is 3.49. The van der Waals surface area contributed by atoms with Crippen LogP contribution in [0.3, 0.4) is 0 Å². The molecule has 3 rings (SSSR count). The minimum atomic E-state index is 0.471. The van der Waals surface area contributed by atoms with E-state index in [9.17, 15) is 0 Å². The molecule has 4 N–H and O–H groups in total. The lowest BCUT2D eigenvalue weighted by Gasteiger charge is -2.12. The Labute approximate surface area is 110 Å². The Hall–Kier alpha value is -1.40. The molecule has 0 bridgehead atoms. The van der Waals surface area contributed by atoms with E-state index in [0.717, 1.165) is 28.5 Å². The van der Waals surface area contributed by atoms with Gasteiger partial charge in [-0.15, -0.1) is 11.3 Å². The zero-order valence-corrected chi connectivity index (χ0v) is 11.0. The number of nitrogen functional groups attached to an aromatic ring is 1. The highest BCUT2D eigenvalue weighted by molar-refractivity contribution is 7.16. The number of rotatable bonds is 4. The number of hydrazine groups is 1. The first kappa shape index (κ1) is 11.7. The van der Waals surface area contributed by atoms with E-state index in [1.807, 2.05) is 5.38 Å². The maximum Gasteiger partial charge on any atom is 0.240 e. The molecule has 5 nitrogen and oxygen atoms in total. The van der Waals surface area contributed by atoms with Gasteiger partial charge in [-0.1, -0.05) is 12.8 Å². The summed E-state index contributed by atoms with van der Waals surface area (Å²) in [6.45, 7) is 0.992. The monoisotopic (exact) mass is 263 g/mol. The summed E-state index contributed by atoms with van der Waals surface area (Å²) in [5, 5.41) is 6.56. The molecule has 0 spiro atoms. The van der Waals surface area contributed by atoms with E-state index in [1.54, 1.807) is 11.3 Å². The van der Waals surface area contributed by atoms with Gasteiger partial charge >= 0.3 is 0 Å². The van der Waals surface area contributed by atoms with Crippen molar-refractivity contribution in [2.24, 2.45) is 11.8 Å². The van der Waals surface area contributed by atoms with Crippen LogP contribution in [0.5, 0.6) is 0 Å². The summed E-state index contributed by atoms with van der Waals surface area (Å²) < 4.78 is 0. The van der Waals surface area contributed by atoms with Crippen molar-refractivity contribution in [3.05, 3.63) is 11.4 Å². The Balaban J connectivity index is 1.82. The third kappa shape index (κ3) is 2.26. The number of aromatic nitrogens is 2. The molecule has 0 unspecified atom stereocenters. The number of hydrogen-bond donors (Lipinski definition) is 3. The summed E-state index contributed by atoms with van der Waals surface area (Å²) in [4.78, 5) is 9.69. The lowest BCUT2D eigenvalue weighted by atomic mass is 10.1. The molecule has 96 valence electrons. The second-order valence-corrected chi connectivity index (χ2v) is 5.61. The summed E-state index contributed by atoms with van der Waals surface area (Å²) in [5.41, 5.74) is 2.52. The normalized spacial score (nSPS) is 16.3. The van der Waals surface area contributed by atoms with Gasteiger partial charge in [0.15, 0.2) is 0 Å². The van der Waals surface area contributed by atoms with Gasteiger partial charge in [-0.25, -0.2) is 10.8 Å². The van der Waals surface area contributed by atoms with Crippen molar-refractivity contribution in [2.45, 2.75) is 25.7 Å². The van der Waals surface area contributed by atoms with Crippen LogP contribution in [0, 0.1) is 5.92 Å². The first-order valence-electron chi connectivity index (χ1n) is 6.32. The summed E-state index contributed by atoms with van der Waals surface area (Å²) in [6.07, 6.45) is 5.37. The summed E-state index contributed by atoms with van der Waals surface area (Å²) in [6, 6.07) is 2.05. The molecule has 2 heterocycles. The van der Waals surface area contributed by atoms with Gasteiger partial charge in [0, 0.05) is 6.54 Å². The molecule has 0 aliphatic heterocycles. The van der Waals surface area contributed by atoms with E-state index in [1.165, 1.54) is 25.7 Å². The van der Waals surface area contributed by atoms with Crippen molar-refractivity contribution in [1.29, 1.82) is 0 Å². The van der Waals surface area contributed by atoms with Crippen molar-refractivity contribution in [2.75, 3.05) is 17.3 Å². The topological polar surface area (TPSA) is 75.9 Å². The smallest absolute Gasteiger partial charge is 0.240 e. The second kappa shape index (κ2) is 5.07. The second-order valence-electron chi connectivity index (χ2n) is 4.71. The maximum absolute atomic E-state index is 5.40. The Bertz CT molecular complexity index is 532. The SMILES string of the molecule is NNc1nc(NCC2CCCC2)c2ccsc2n1. The number of hydrogen-bond acceptors (Lipinski definition) is 6. The maximum atomic E-state index is 5.40. The molecule has 0 radical (unpaired) electrons. The molecule has 0 amide bonds. The minimum absolute atomic E-state index is 0.471. The van der Waals surface area contributed by atoms with E-state index >= 15 is 0 Å². The molecule has 2 aromatic rings. The van der Waals surface area contributed by atoms with Crippen LogP contribution in [0.4, 0.5) is 11.8 Å². The zero-order valence-electron chi connectivity index (χ0n) is 10.1. The lowest BCUT2D eigenvalue weighted by molar-refractivity contribution is 0.579. The van der Waals surface area contributed by atoms with Crippen molar-refractivity contribution in [1.82, 2.24) is 9.97 Å². The fourth-order valence-electron chi connectivity index (χ4n) is 2.51. The summed E-state index contributed by atoms with van der Waals surface area (Å²) in [5.74, 6) is 7.54. The summed E-state index contributed by atoms with van der Waals surface area (Å²) >= 11 is 1.60. The molecular weight excluding hydrogens is 246 g/mol. The fourth-order valence-corrected chi connectivity index (χ4v) is 3.27. The predicted molar refractivity (Wildman–Crippen MR) is 75.7 cm³/mol. The number of nitrogens with zero attached hydrogens (tertiary/aromatic N) is 2. The Morgan fingerprint density at radius 2 is 2.17 bits per heavy atom. The quantitative estimate of drug-likeness (QED) is 0.584. The van der Waals surface area contributed by atoms with Crippen LogP contribution in [0.1, 0.15) is 25.7 Å². The van der Waals surface area contributed by atoms with Gasteiger partial charge in [0.25, 0.3) is 0 Å². The minimum Gasteiger partial charge on any atom is -0.369 e. The van der Waals surface area contributed by atoms with Gasteiger partial charge < -0.3 is 5.32 Å². The third-order valence-corrected chi connectivity index (χ3v) is 4.29. The molecule has 1 aliphatic carbocycles. The van der Waals surface area contributed by atoms with Crippen LogP contribution in [0.25, 0.3) is 10.2 Å². The van der Waals surface area contributed by atoms with E-state index in [0.29, 0.717) is 5.95 Å². The Morgan fingerprint density at radius 3 is 2.94 bits per heavy atom. The molecule has 1 aliphatic rings. The molecule has 1 saturated carbocycles. The van der Waals surface area contributed by atoms with Crippen molar-refractivity contribution >= 4 is 33.3 Å². The Kier molecular flexibility index (Phi) is 3.29. The van der Waals surface area contributed by atoms with E-state index in [4.69, 9.17) is 5.84 Å². The number of fused-ring (bicyclic) bond motifs is 1. The van der Waals surface area contributed by atoms with Crippen LogP contribution in [0.2, 0.25) is 0 Å². The van der Waals surface area contributed by atoms with Gasteiger partial charge in [-0.05, 0) is 30.2 Å². The highest BCUT2D eigenvalue weighted by Gasteiger charge is 2.16. The van der Waals surface area contributed by atoms with E-state index in [-0.39, 0.29) is 0 Å². The fraction of sp³-hybridized carbons (Fsp3) is 0.500. The van der Waals surface area contributed by atoms with Gasteiger partial charge in [-0.3, -0.25) is 5.43 Å². The first-order chi connectivity index (χ1) is 8.86. The highest BCUT2D eigenvalue weighted by Crippen LogP contribution is 2.28. The van der Waals surface area contributed by atoms with Crippen molar-refractivity contribution in [3.63, 3.8) is 0 Å². The van der Waals surface area contributed by atoms with Gasteiger partial charge in [0.05, 0.1) is 5.39 Å². The van der Waals surface area contributed by atoms with E-state index in [2.05, 4.69) is 26.8 Å². The lowest BCUT2D eigenvalue weighted by Crippen LogP contribution is -2.15. The molecule has 0 atom stereocenters. The molecule has 6 heteroatoms. The van der Waals surface area contributed by atoms with Crippen LogP contribution >= 0.6 is 11.3 Å². The van der Waals surface area contributed by atoms with Crippen molar-refractivity contribution < 1.29 is 0 Å². The van der Waals surface area contributed by atoms with Crippen LogP contribution in [-0.2, 0) is 0 Å². The number of nitrogens with two attached hydrogens (primary N) is 1. The highest BCUT2D eigenvalue weighted by atomic mass is 32.1. The average molecular weight is 263 g/mol. The Morgan fingerprint density at radius 1 is 1.33 bits per heavy atom. The molecule has 0 aromatic carbocycles. The van der Waals surface area contributed by atoms with Gasteiger partial charge in [0.2, 0.25) is 5.95 Å². The van der Waals surface area contributed by atoms with Crippen LogP contribution < -0.4 is 16.6 Å². The average Bonchev–Trinajstić information content (AvgIpc) is 3.06. The van der Waals surface area contributed by atoms with Crippen LogP contribution in [0.15, 0.2) is 11.4 Å². The first-order valence-corrected chi connectivity index (χ1v) is 7.20. The molecule has 18 heavy (non-hydrogen) atoms. The predicted octanol–water partition coefficient (Wildman–Crippen LogP) is 2.58. The largest absolute Gasteiger partial charge is 0.369 e. The number of thiophene rings is 1. The van der Waals surface area contributed by atoms with Crippen molar-refractivity contribution in [3.8, 4) is 0 Å². The molecule has 0 saturated heterocycles. The van der Waals surface area contributed by atoms with Crippen LogP contribution in [-0.4, -0.2) is 16.5 Å². The summed E-state index contributed by atoms with van der Waals surface area (Å²) in [7, 11) is 0.